The third kappa shape index (κ3) is 7.36. The molecule has 2 aromatic rings. The molecule has 1 saturated carbocycles. The lowest BCUT2D eigenvalue weighted by Crippen LogP contribution is -2.45. The average molecular weight is 587 g/mol. The number of aliphatic hydroxyl groups excluding tert-OH is 1. The monoisotopic (exact) mass is 586 g/mol. The van der Waals surface area contributed by atoms with Gasteiger partial charge in [-0.1, -0.05) is 12.2 Å². The van der Waals surface area contributed by atoms with Crippen molar-refractivity contribution in [2.24, 2.45) is 5.92 Å². The van der Waals surface area contributed by atoms with Crippen LogP contribution in [-0.2, 0) is 14.2 Å². The van der Waals surface area contributed by atoms with Crippen molar-refractivity contribution in [3.63, 3.8) is 0 Å². The second-order valence-corrected chi connectivity index (χ2v) is 13.7. The van der Waals surface area contributed by atoms with Crippen LogP contribution in [0.15, 0.2) is 18.5 Å². The van der Waals surface area contributed by atoms with Crippen LogP contribution in [0.5, 0.6) is 0 Å². The van der Waals surface area contributed by atoms with E-state index < -0.39 is 35.1 Å². The number of nitrogens with zero attached hydrogens (tertiary/aromatic N) is 6. The van der Waals surface area contributed by atoms with Crippen LogP contribution in [0.1, 0.15) is 87.6 Å². The second kappa shape index (κ2) is 11.2. The van der Waals surface area contributed by atoms with Crippen LogP contribution in [0.2, 0.25) is 0 Å². The number of fused-ring (bicyclic) bond motifs is 1. The number of allylic oxidation sites excluding steroid dienone is 1. The number of imide groups is 1. The Morgan fingerprint density at radius 2 is 1.43 bits per heavy atom. The van der Waals surface area contributed by atoms with Crippen molar-refractivity contribution < 1.29 is 33.7 Å². The van der Waals surface area contributed by atoms with Gasteiger partial charge in [-0.15, -0.1) is 4.90 Å². The molecular weight excluding hydrogens is 544 g/mol. The molecule has 0 aromatic carbocycles. The van der Waals surface area contributed by atoms with Crippen LogP contribution in [0, 0.1) is 5.92 Å². The third-order valence-electron chi connectivity index (χ3n) is 6.22. The molecule has 13 heteroatoms. The van der Waals surface area contributed by atoms with Crippen LogP contribution in [-0.4, -0.2) is 72.4 Å². The molecule has 0 saturated heterocycles. The molecule has 4 rings (SSSR count). The maximum atomic E-state index is 13.5. The zero-order valence-electron chi connectivity index (χ0n) is 25.9. The number of rotatable bonds is 5. The molecular formula is C29H42N6O7. The lowest BCUT2D eigenvalue weighted by Gasteiger charge is -2.29. The van der Waals surface area contributed by atoms with E-state index in [9.17, 15) is 19.5 Å². The van der Waals surface area contributed by atoms with Crippen LogP contribution in [0.4, 0.5) is 26.1 Å². The van der Waals surface area contributed by atoms with Crippen molar-refractivity contribution in [3.8, 4) is 0 Å². The summed E-state index contributed by atoms with van der Waals surface area (Å²) in [6.07, 6.45) is 4.75. The summed E-state index contributed by atoms with van der Waals surface area (Å²) in [5.74, 6) is -0.279. The van der Waals surface area contributed by atoms with Gasteiger partial charge >= 0.3 is 18.3 Å². The Labute approximate surface area is 245 Å². The molecule has 1 N–H and O–H groups in total. The van der Waals surface area contributed by atoms with Gasteiger partial charge in [0.1, 0.15) is 16.8 Å². The van der Waals surface area contributed by atoms with Gasteiger partial charge in [-0.3, -0.25) is 4.90 Å². The third-order valence-corrected chi connectivity index (χ3v) is 6.22. The van der Waals surface area contributed by atoms with E-state index in [0.29, 0.717) is 29.7 Å². The summed E-state index contributed by atoms with van der Waals surface area (Å²) in [5, 5.41) is 9.69. The zero-order chi connectivity index (χ0) is 31.2. The molecule has 0 spiro atoms. The summed E-state index contributed by atoms with van der Waals surface area (Å²) < 4.78 is 18.6. The molecule has 230 valence electrons. The Morgan fingerprint density at radius 1 is 0.881 bits per heavy atom. The molecule has 0 bridgehead atoms. The number of hydrogen-bond acceptors (Lipinski definition) is 10. The van der Waals surface area contributed by atoms with Gasteiger partial charge in [-0.05, 0) is 81.6 Å². The van der Waals surface area contributed by atoms with Crippen molar-refractivity contribution in [1.82, 2.24) is 19.5 Å². The summed E-state index contributed by atoms with van der Waals surface area (Å²) in [7, 11) is 0. The lowest BCUT2D eigenvalue weighted by atomic mass is 10.1. The predicted octanol–water partition coefficient (Wildman–Crippen LogP) is 5.52. The topological polar surface area (TPSA) is 149 Å². The van der Waals surface area contributed by atoms with E-state index in [0.717, 1.165) is 0 Å². The number of carbonyl (C=O) groups is 3. The van der Waals surface area contributed by atoms with Crippen LogP contribution < -0.4 is 9.80 Å². The minimum Gasteiger partial charge on any atom is -0.443 e. The van der Waals surface area contributed by atoms with E-state index in [2.05, 4.69) is 15.0 Å². The maximum Gasteiger partial charge on any atom is 0.427 e. The molecule has 2 heterocycles. The summed E-state index contributed by atoms with van der Waals surface area (Å²) in [5.41, 5.74) is -2.10. The first-order valence-corrected chi connectivity index (χ1v) is 14.2. The van der Waals surface area contributed by atoms with Crippen LogP contribution in [0.25, 0.3) is 11.2 Å². The Kier molecular flexibility index (Phi) is 8.29. The zero-order valence-corrected chi connectivity index (χ0v) is 25.9. The Morgan fingerprint density at radius 3 is 1.90 bits per heavy atom. The highest BCUT2D eigenvalue weighted by Gasteiger charge is 2.41. The Bertz CT molecular complexity index is 1350. The molecule has 0 aliphatic heterocycles. The van der Waals surface area contributed by atoms with E-state index in [1.54, 1.807) is 73.2 Å². The summed E-state index contributed by atoms with van der Waals surface area (Å²) in [6, 6.07) is -0.423. The van der Waals surface area contributed by atoms with Gasteiger partial charge in [-0.25, -0.2) is 19.4 Å². The highest BCUT2D eigenvalue weighted by molar-refractivity contribution is 6.09. The quantitative estimate of drug-likeness (QED) is 0.351. The molecule has 0 radical (unpaired) electrons. The lowest BCUT2D eigenvalue weighted by molar-refractivity contribution is 0.0426. The Hall–Kier alpha value is -3.74. The first-order valence-electron chi connectivity index (χ1n) is 14.2. The fraction of sp³-hybridized carbons (Fsp3) is 0.655. The van der Waals surface area contributed by atoms with Crippen LogP contribution in [0.3, 0.4) is 0 Å². The minimum atomic E-state index is -1.04. The van der Waals surface area contributed by atoms with Crippen molar-refractivity contribution in [2.75, 3.05) is 16.4 Å². The van der Waals surface area contributed by atoms with E-state index >= 15 is 0 Å². The van der Waals surface area contributed by atoms with Gasteiger partial charge in [0.25, 0.3) is 0 Å². The second-order valence-electron chi connectivity index (χ2n) is 13.7. The van der Waals surface area contributed by atoms with E-state index in [1.807, 2.05) is 12.2 Å². The van der Waals surface area contributed by atoms with Gasteiger partial charge in [0.2, 0.25) is 5.95 Å². The number of ether oxygens (including phenoxy) is 3. The molecule has 3 amide bonds. The predicted molar refractivity (Wildman–Crippen MR) is 155 cm³/mol. The molecule has 2 aliphatic rings. The molecule has 42 heavy (non-hydrogen) atoms. The number of amides is 3. The first kappa shape index (κ1) is 31.2. The first-order chi connectivity index (χ1) is 19.4. The fourth-order valence-corrected chi connectivity index (χ4v) is 4.40. The molecule has 13 nitrogen and oxygen atoms in total. The van der Waals surface area contributed by atoms with Crippen molar-refractivity contribution in [3.05, 3.63) is 18.5 Å². The van der Waals surface area contributed by atoms with Gasteiger partial charge in [0, 0.05) is 18.6 Å². The Balaban J connectivity index is 1.93. The molecule has 2 aromatic heterocycles. The van der Waals surface area contributed by atoms with Crippen molar-refractivity contribution >= 4 is 41.2 Å². The maximum absolute atomic E-state index is 13.5. The largest absolute Gasteiger partial charge is 0.443 e. The van der Waals surface area contributed by atoms with E-state index in [4.69, 9.17) is 14.2 Å². The summed E-state index contributed by atoms with van der Waals surface area (Å²) in [6.45, 7) is 15.3. The van der Waals surface area contributed by atoms with Crippen molar-refractivity contribution in [1.29, 1.82) is 0 Å². The summed E-state index contributed by atoms with van der Waals surface area (Å²) in [4.78, 5) is 56.4. The normalized spacial score (nSPS) is 19.1. The number of hydrogen-bond donors (Lipinski definition) is 1. The molecule has 2 aliphatic carbocycles. The molecule has 1 fully saturated rings. The minimum absolute atomic E-state index is 0.00964. The fourth-order valence-electron chi connectivity index (χ4n) is 4.40. The van der Waals surface area contributed by atoms with Gasteiger partial charge < -0.3 is 23.9 Å². The van der Waals surface area contributed by atoms with Gasteiger partial charge in [-0.2, -0.15) is 9.97 Å². The highest BCUT2D eigenvalue weighted by atomic mass is 16.6. The van der Waals surface area contributed by atoms with E-state index in [-0.39, 0.29) is 42.0 Å². The number of carbonyl (C=O) groups excluding carboxylic acids is 3. The highest BCUT2D eigenvalue weighted by Crippen LogP contribution is 2.38. The number of aromatic nitrogens is 4. The molecule has 2 unspecified atom stereocenters. The van der Waals surface area contributed by atoms with Gasteiger partial charge in [0.05, 0.1) is 12.4 Å². The smallest absolute Gasteiger partial charge is 0.427 e. The summed E-state index contributed by atoms with van der Waals surface area (Å²) >= 11 is 0. The number of anilines is 2. The van der Waals surface area contributed by atoms with Crippen LogP contribution >= 0.6 is 0 Å². The van der Waals surface area contributed by atoms with E-state index in [1.165, 1.54) is 4.90 Å². The van der Waals surface area contributed by atoms with Gasteiger partial charge in [0.15, 0.2) is 17.0 Å². The number of imidazole rings is 1. The number of aliphatic hydroxyl groups is 1. The van der Waals surface area contributed by atoms with Crippen molar-refractivity contribution in [2.45, 2.75) is 110 Å². The average Bonchev–Trinajstić information content (AvgIpc) is 3.35. The SMILES string of the molecule is CC(C)(C)OC(=O)N(C(=O)OC(C)(C)C)c1nc(N(C(=O)OC(C)(C)C)C2CC2)c2ncn(C3C=CC(CO)C3)c2n1. The molecule has 2 atom stereocenters. The standard InChI is InChI=1S/C29H42N6O7/c1-27(2,3)40-24(37)34(18-12-13-18)22-20-21(33(16-30-20)19-11-10-17(14-19)15-36)31-23(32-22)35(25(38)41-28(4,5)6)26(39)42-29(7,8)9/h10-11,16-19,36H,12-15H2,1-9H3.